The summed E-state index contributed by atoms with van der Waals surface area (Å²) in [6.07, 6.45) is 0. The second kappa shape index (κ2) is 36.6. The highest BCUT2D eigenvalue weighted by Crippen LogP contribution is 2.45. The van der Waals surface area contributed by atoms with Gasteiger partial charge in [-0.15, -0.1) is 0 Å². The fraction of sp³-hybridized carbons (Fsp3) is 0.368. The lowest BCUT2D eigenvalue weighted by Crippen LogP contribution is -2.67. The molecule has 9 rings (SSSR count). The van der Waals surface area contributed by atoms with E-state index in [0.29, 0.717) is 16.7 Å². The van der Waals surface area contributed by atoms with Gasteiger partial charge in [-0.25, -0.2) is 0 Å². The number of esters is 6. The lowest BCUT2D eigenvalue weighted by atomic mass is 9.71. The highest BCUT2D eigenvalue weighted by Gasteiger charge is 2.56. The fourth-order valence-corrected chi connectivity index (χ4v) is 28.9. The number of ether oxygens (including phenoxy) is 6. The quantitative estimate of drug-likeness (QED) is 0.00944. The molecule has 15 nitrogen and oxygen atoms in total. The van der Waals surface area contributed by atoms with Crippen LogP contribution in [0.15, 0.2) is 255 Å². The zero-order chi connectivity index (χ0) is 85.2. The molecule has 0 aliphatic rings. The summed E-state index contributed by atoms with van der Waals surface area (Å²) in [7, 11) is -9.82. The van der Waals surface area contributed by atoms with E-state index in [0.717, 1.165) is 31.1 Å². The van der Waals surface area contributed by atoms with Crippen molar-refractivity contribution < 1.29 is 70.5 Å². The first-order valence-electron chi connectivity index (χ1n) is 39.0. The molecular weight excluding hydrogens is 1700 g/mol. The van der Waals surface area contributed by atoms with Crippen LogP contribution in [0.3, 0.4) is 0 Å². The van der Waals surface area contributed by atoms with Crippen molar-refractivity contribution in [2.24, 2.45) is 16.2 Å². The normalized spacial score (nSPS) is 14.7. The Balaban J connectivity index is 1.10. The number of carbonyl (C=O) groups excluding carboxylic acids is 6. The van der Waals surface area contributed by atoms with Crippen LogP contribution in [-0.4, -0.2) is 113 Å². The second-order valence-corrected chi connectivity index (χ2v) is 54.4. The molecule has 0 bridgehead atoms. The van der Waals surface area contributed by atoms with Gasteiger partial charge in [0.25, 0.3) is 25.0 Å². The summed E-state index contributed by atoms with van der Waals surface area (Å²) in [6.45, 7) is 34.7. The molecular formula is C95H111Br3O15Si3. The summed E-state index contributed by atoms with van der Waals surface area (Å²) in [5.41, 5.74) is -3.63. The van der Waals surface area contributed by atoms with Crippen molar-refractivity contribution in [3.63, 3.8) is 0 Å². The predicted octanol–water partition coefficient (Wildman–Crippen LogP) is 17.7. The van der Waals surface area contributed by atoms with Crippen molar-refractivity contribution in [3.8, 4) is 17.2 Å². The van der Waals surface area contributed by atoms with Crippen molar-refractivity contribution in [1.82, 2.24) is 0 Å². The van der Waals surface area contributed by atoms with Gasteiger partial charge >= 0.3 is 35.8 Å². The summed E-state index contributed by atoms with van der Waals surface area (Å²) < 4.78 is 56.1. The fourth-order valence-electron chi connectivity index (χ4n) is 14.5. The Kier molecular flexibility index (Phi) is 28.9. The van der Waals surface area contributed by atoms with E-state index in [-0.39, 0.29) is 56.9 Å². The third-order valence-corrected chi connectivity index (χ3v) is 37.4. The number of carbonyl (C=O) groups is 6. The Labute approximate surface area is 714 Å². The van der Waals surface area contributed by atoms with Crippen molar-refractivity contribution in [2.75, 3.05) is 39.6 Å². The minimum atomic E-state index is -3.27. The molecule has 9 aromatic rings. The van der Waals surface area contributed by atoms with E-state index in [4.69, 9.17) is 41.7 Å². The molecule has 21 heteroatoms. The molecule has 116 heavy (non-hydrogen) atoms. The van der Waals surface area contributed by atoms with Crippen LogP contribution in [0, 0.1) is 16.2 Å². The number of halogens is 3. The van der Waals surface area contributed by atoms with Gasteiger partial charge in [-0.1, -0.05) is 328 Å². The zero-order valence-corrected chi connectivity index (χ0v) is 78.0. The monoisotopic (exact) mass is 1810 g/mol. The highest BCUT2D eigenvalue weighted by atomic mass is 79.9. The minimum absolute atomic E-state index is 0.183. The van der Waals surface area contributed by atoms with Gasteiger partial charge in [0.05, 0.1) is 19.8 Å². The molecule has 0 N–H and O–H groups in total. The van der Waals surface area contributed by atoms with Gasteiger partial charge in [0.2, 0.25) is 0 Å². The molecule has 3 atom stereocenters. The van der Waals surface area contributed by atoms with Crippen LogP contribution in [0.4, 0.5) is 0 Å². The van der Waals surface area contributed by atoms with Crippen LogP contribution in [0.25, 0.3) is 0 Å². The van der Waals surface area contributed by atoms with E-state index >= 15 is 14.4 Å². The van der Waals surface area contributed by atoms with Crippen LogP contribution >= 0.6 is 47.8 Å². The summed E-state index contributed by atoms with van der Waals surface area (Å²) in [5.74, 6) is -3.28. The lowest BCUT2D eigenvalue weighted by molar-refractivity contribution is -0.160. The van der Waals surface area contributed by atoms with Crippen LogP contribution in [0.1, 0.15) is 148 Å². The maximum absolute atomic E-state index is 15.3. The number of alkyl halides is 3. The van der Waals surface area contributed by atoms with E-state index in [9.17, 15) is 14.4 Å². The number of benzene rings is 9. The number of hydrogen-bond donors (Lipinski definition) is 0. The van der Waals surface area contributed by atoms with Crippen molar-refractivity contribution in [3.05, 3.63) is 271 Å². The molecule has 0 aliphatic heterocycles. The molecule has 3 unspecified atom stereocenters. The van der Waals surface area contributed by atoms with E-state index in [1.807, 2.05) is 153 Å². The largest absolute Gasteiger partial charge is 0.463 e. The first kappa shape index (κ1) is 91.7. The SMILES string of the molecule is CC(C)(Br)C(=O)OCC(C)(CO[Si](c1ccccc1)(c1ccccc1)C(C)(C)C)C(=O)Oc1ccc(C(C)(c2ccc(OC(=O)C(C)(COC(=O)C(C)(C)Br)CO[Si](c3ccccc3)(c3ccccc3)C(C)(C)C)cc2)c2ccc(OC(=O)C(C)(COC(=O)C(C)(C)Br)CO[Si](c3ccccc3)(c3ccccc3)C(C)(C)C)cc2)cc1. The van der Waals surface area contributed by atoms with Crippen LogP contribution in [-0.2, 0) is 61.7 Å². The summed E-state index contributed by atoms with van der Waals surface area (Å²) in [5, 5.41) is 4.57. The smallest absolute Gasteiger partial charge is 0.322 e. The third kappa shape index (κ3) is 20.5. The Morgan fingerprint density at radius 1 is 0.241 bits per heavy atom. The van der Waals surface area contributed by atoms with Gasteiger partial charge in [0.1, 0.15) is 66.3 Å². The summed E-state index contributed by atoms with van der Waals surface area (Å²) in [4.78, 5) is 86.6. The Bertz CT molecular complexity index is 4210. The standard InChI is InChI=1S/C95H111Br3O15Si3/c1-86(2,3)114(74-38-26-20-27-39-74,75-40-28-21-29-41-75)108-65-92(16,62-105-80(99)89(10,11)96)83(102)111-71-56-50-68(51-57-71)95(19,69-52-58-72(59-53-69)112-84(103)93(17,63-106-81(100)90(12,13)97)66-109-115(87(4,5)6,76-42-30-22-31-43-76)77-44-32-23-33-45-77)70-54-60-73(61-55-70)113-85(104)94(18,64-107-82(101)91(14,15)98)67-110-116(88(7,8)9,78-46-34-24-35-47-78)79-48-36-25-37-49-79/h20-61H,62-67H2,1-19H3. The summed E-state index contributed by atoms with van der Waals surface area (Å²) >= 11 is 10.3. The number of rotatable bonds is 33. The molecule has 0 radical (unpaired) electrons. The van der Waals surface area contributed by atoms with E-state index in [2.05, 4.69) is 183 Å². The molecule has 614 valence electrons. The van der Waals surface area contributed by atoms with Crippen LogP contribution in [0.2, 0.25) is 15.1 Å². The van der Waals surface area contributed by atoms with Gasteiger partial charge in [0.15, 0.2) is 0 Å². The Hall–Kier alpha value is -8.23. The lowest BCUT2D eigenvalue weighted by Gasteiger charge is -2.44. The van der Waals surface area contributed by atoms with E-state index < -0.39 is 111 Å². The minimum Gasteiger partial charge on any atom is -0.463 e. The van der Waals surface area contributed by atoms with E-state index in [1.165, 1.54) is 0 Å². The average molecular weight is 1820 g/mol. The van der Waals surface area contributed by atoms with Crippen molar-refractivity contribution >= 4 is 140 Å². The van der Waals surface area contributed by atoms with Crippen LogP contribution in [0.5, 0.6) is 17.2 Å². The summed E-state index contributed by atoms with van der Waals surface area (Å²) in [6, 6.07) is 81.7. The maximum Gasteiger partial charge on any atom is 0.322 e. The molecule has 0 saturated carbocycles. The molecule has 0 aromatic heterocycles. The maximum atomic E-state index is 15.3. The van der Waals surface area contributed by atoms with Crippen LogP contribution < -0.4 is 45.3 Å². The Morgan fingerprint density at radius 3 is 0.569 bits per heavy atom. The van der Waals surface area contributed by atoms with Gasteiger partial charge in [0, 0.05) is 5.41 Å². The van der Waals surface area contributed by atoms with Crippen molar-refractivity contribution in [1.29, 1.82) is 0 Å². The first-order chi connectivity index (χ1) is 54.2. The molecule has 0 aliphatic carbocycles. The van der Waals surface area contributed by atoms with Gasteiger partial charge in [-0.05, 0) is 169 Å². The number of hydrogen-bond acceptors (Lipinski definition) is 15. The second-order valence-electron chi connectivity index (χ2n) is 35.6. The molecule has 9 aromatic carbocycles. The predicted molar refractivity (Wildman–Crippen MR) is 479 cm³/mol. The highest BCUT2D eigenvalue weighted by molar-refractivity contribution is 9.10. The van der Waals surface area contributed by atoms with Crippen molar-refractivity contribution in [2.45, 2.75) is 165 Å². The molecule has 0 spiro atoms. The van der Waals surface area contributed by atoms with Gasteiger partial charge in [-0.3, -0.25) is 28.8 Å². The molecule has 0 saturated heterocycles. The van der Waals surface area contributed by atoms with Gasteiger partial charge < -0.3 is 41.7 Å². The molecule has 0 amide bonds. The third-order valence-electron chi connectivity index (χ3n) is 21.5. The Morgan fingerprint density at radius 2 is 0.414 bits per heavy atom. The average Bonchev–Trinajstić information content (AvgIpc) is 0.753. The molecule has 0 heterocycles. The zero-order valence-electron chi connectivity index (χ0n) is 70.2. The van der Waals surface area contributed by atoms with Gasteiger partial charge in [-0.2, -0.15) is 0 Å². The topological polar surface area (TPSA) is 185 Å². The first-order valence-corrected chi connectivity index (χ1v) is 47.1. The van der Waals surface area contributed by atoms with E-state index in [1.54, 1.807) is 98.7 Å². The molecule has 0 fully saturated rings.